The van der Waals surface area contributed by atoms with Crippen LogP contribution in [0.2, 0.25) is 0 Å². The molecule has 124 valence electrons. The fourth-order valence-corrected chi connectivity index (χ4v) is 2.01. The van der Waals surface area contributed by atoms with Crippen molar-refractivity contribution >= 4 is 28.7 Å². The molecule has 0 unspecified atom stereocenters. The van der Waals surface area contributed by atoms with Gasteiger partial charge in [-0.3, -0.25) is 10.2 Å². The average molecular weight is 324 g/mol. The van der Waals surface area contributed by atoms with Crippen LogP contribution in [0.3, 0.4) is 0 Å². The number of oxime groups is 1. The Balaban J connectivity index is 2.08. The van der Waals surface area contributed by atoms with Crippen LogP contribution in [0.5, 0.6) is 0 Å². The zero-order valence-electron chi connectivity index (χ0n) is 13.9. The topological polar surface area (TPSA) is 86.1 Å². The predicted molar refractivity (Wildman–Crippen MR) is 96.9 cm³/mol. The standard InChI is InChI=1S/C18H20N4O2/c1-12-9-10-16(11-13(12)2)21-20-14(3)17(22-24)18(23)19-15-7-5-4-6-8-15/h4-11,21,24H,1-3H3,(H,19,23)/b20-14-,22-17-. The first-order chi connectivity index (χ1) is 11.5. The molecular weight excluding hydrogens is 304 g/mol. The van der Waals surface area contributed by atoms with E-state index < -0.39 is 5.91 Å². The summed E-state index contributed by atoms with van der Waals surface area (Å²) >= 11 is 0. The lowest BCUT2D eigenvalue weighted by Gasteiger charge is -2.08. The molecule has 0 fully saturated rings. The van der Waals surface area contributed by atoms with E-state index in [0.29, 0.717) is 5.69 Å². The van der Waals surface area contributed by atoms with Crippen molar-refractivity contribution in [2.45, 2.75) is 20.8 Å². The Hall–Kier alpha value is -3.15. The number of amides is 1. The van der Waals surface area contributed by atoms with Gasteiger partial charge in [-0.25, -0.2) is 0 Å². The van der Waals surface area contributed by atoms with Gasteiger partial charge in [0.25, 0.3) is 5.91 Å². The largest absolute Gasteiger partial charge is 0.410 e. The maximum atomic E-state index is 12.2. The van der Waals surface area contributed by atoms with Crippen LogP contribution in [0.4, 0.5) is 11.4 Å². The zero-order chi connectivity index (χ0) is 17.5. The second kappa shape index (κ2) is 7.92. The third kappa shape index (κ3) is 4.42. The number of para-hydroxylation sites is 1. The fraction of sp³-hybridized carbons (Fsp3) is 0.167. The molecule has 0 aliphatic rings. The van der Waals surface area contributed by atoms with Gasteiger partial charge in [-0.1, -0.05) is 29.4 Å². The van der Waals surface area contributed by atoms with Crippen LogP contribution in [0.1, 0.15) is 18.1 Å². The van der Waals surface area contributed by atoms with Crippen molar-refractivity contribution in [2.24, 2.45) is 10.3 Å². The highest BCUT2D eigenvalue weighted by Gasteiger charge is 2.16. The third-order valence-corrected chi connectivity index (χ3v) is 3.55. The molecule has 0 radical (unpaired) electrons. The van der Waals surface area contributed by atoms with E-state index in [4.69, 9.17) is 5.21 Å². The molecule has 0 aliphatic heterocycles. The number of aryl methyl sites for hydroxylation is 2. The Morgan fingerprint density at radius 2 is 1.71 bits per heavy atom. The normalized spacial score (nSPS) is 12.0. The van der Waals surface area contributed by atoms with Crippen molar-refractivity contribution in [3.05, 3.63) is 59.7 Å². The lowest BCUT2D eigenvalue weighted by Crippen LogP contribution is -2.29. The first kappa shape index (κ1) is 17.2. The number of hydrazone groups is 1. The Morgan fingerprint density at radius 1 is 1.00 bits per heavy atom. The van der Waals surface area contributed by atoms with Gasteiger partial charge in [0.2, 0.25) is 0 Å². The summed E-state index contributed by atoms with van der Waals surface area (Å²) in [7, 11) is 0. The minimum absolute atomic E-state index is 0.157. The van der Waals surface area contributed by atoms with Gasteiger partial charge < -0.3 is 10.5 Å². The van der Waals surface area contributed by atoms with Gasteiger partial charge >= 0.3 is 0 Å². The van der Waals surface area contributed by atoms with Crippen molar-refractivity contribution in [2.75, 3.05) is 10.7 Å². The monoisotopic (exact) mass is 324 g/mol. The molecule has 2 aromatic rings. The SMILES string of the molecule is CC(=N/Nc1ccc(C)c(C)c1)/C(=N/O)C(=O)Nc1ccccc1. The lowest BCUT2D eigenvalue weighted by atomic mass is 10.1. The molecule has 24 heavy (non-hydrogen) atoms. The molecule has 0 aromatic heterocycles. The highest BCUT2D eigenvalue weighted by molar-refractivity contribution is 6.68. The quantitative estimate of drug-likeness (QED) is 0.446. The van der Waals surface area contributed by atoms with Gasteiger partial charge in [-0.15, -0.1) is 0 Å². The molecule has 6 nitrogen and oxygen atoms in total. The van der Waals surface area contributed by atoms with E-state index in [1.54, 1.807) is 31.2 Å². The van der Waals surface area contributed by atoms with Crippen LogP contribution in [0, 0.1) is 13.8 Å². The van der Waals surface area contributed by atoms with E-state index in [1.165, 1.54) is 5.56 Å². The average Bonchev–Trinajstić information content (AvgIpc) is 2.57. The first-order valence-electron chi connectivity index (χ1n) is 7.47. The second-order valence-electron chi connectivity index (χ2n) is 5.38. The number of hydrogen-bond acceptors (Lipinski definition) is 5. The minimum atomic E-state index is -0.535. The minimum Gasteiger partial charge on any atom is -0.410 e. The number of carbonyl (C=O) groups is 1. The number of carbonyl (C=O) groups excluding carboxylic acids is 1. The molecule has 1 amide bonds. The number of benzene rings is 2. The Bertz CT molecular complexity index is 783. The molecule has 0 atom stereocenters. The van der Waals surface area contributed by atoms with E-state index in [2.05, 4.69) is 21.0 Å². The predicted octanol–water partition coefficient (Wildman–Crippen LogP) is 3.56. The smallest absolute Gasteiger partial charge is 0.279 e. The summed E-state index contributed by atoms with van der Waals surface area (Å²) in [5, 5.41) is 19.0. The van der Waals surface area contributed by atoms with E-state index in [1.807, 2.05) is 38.1 Å². The first-order valence-corrected chi connectivity index (χ1v) is 7.47. The lowest BCUT2D eigenvalue weighted by molar-refractivity contribution is -0.110. The van der Waals surface area contributed by atoms with Crippen molar-refractivity contribution < 1.29 is 10.0 Å². The number of rotatable bonds is 5. The van der Waals surface area contributed by atoms with Crippen molar-refractivity contribution in [3.63, 3.8) is 0 Å². The highest BCUT2D eigenvalue weighted by atomic mass is 16.4. The number of nitrogens with one attached hydrogen (secondary N) is 2. The van der Waals surface area contributed by atoms with Crippen molar-refractivity contribution in [1.29, 1.82) is 0 Å². The molecule has 0 bridgehead atoms. The maximum absolute atomic E-state index is 12.2. The van der Waals surface area contributed by atoms with Gasteiger partial charge in [0.15, 0.2) is 5.71 Å². The highest BCUT2D eigenvalue weighted by Crippen LogP contribution is 2.14. The molecule has 0 spiro atoms. The summed E-state index contributed by atoms with van der Waals surface area (Å²) in [6.45, 7) is 5.62. The van der Waals surface area contributed by atoms with E-state index in [0.717, 1.165) is 11.3 Å². The number of nitrogens with zero attached hydrogens (tertiary/aromatic N) is 2. The molecule has 0 saturated heterocycles. The molecule has 2 rings (SSSR count). The van der Waals surface area contributed by atoms with Gasteiger partial charge in [-0.05, 0) is 56.2 Å². The van der Waals surface area contributed by atoms with Gasteiger partial charge in [0, 0.05) is 5.69 Å². The van der Waals surface area contributed by atoms with E-state index in [9.17, 15) is 4.79 Å². The molecular formula is C18H20N4O2. The summed E-state index contributed by atoms with van der Waals surface area (Å²) in [4.78, 5) is 12.2. The molecule has 0 aliphatic carbocycles. The number of hydrogen-bond donors (Lipinski definition) is 3. The van der Waals surface area contributed by atoms with Crippen molar-refractivity contribution in [1.82, 2.24) is 0 Å². The fourth-order valence-electron chi connectivity index (χ4n) is 2.01. The summed E-state index contributed by atoms with van der Waals surface area (Å²) in [5.41, 5.74) is 6.68. The summed E-state index contributed by atoms with van der Waals surface area (Å²) in [5.74, 6) is -0.535. The Morgan fingerprint density at radius 3 is 2.33 bits per heavy atom. The number of anilines is 2. The van der Waals surface area contributed by atoms with Crippen LogP contribution in [-0.2, 0) is 4.79 Å². The second-order valence-corrected chi connectivity index (χ2v) is 5.38. The van der Waals surface area contributed by atoms with Crippen molar-refractivity contribution in [3.8, 4) is 0 Å². The van der Waals surface area contributed by atoms with Crippen LogP contribution in [0.15, 0.2) is 58.8 Å². The Kier molecular flexibility index (Phi) is 5.68. The van der Waals surface area contributed by atoms with Gasteiger partial charge in [0.05, 0.1) is 11.4 Å². The van der Waals surface area contributed by atoms with Crippen LogP contribution in [-0.4, -0.2) is 22.5 Å². The van der Waals surface area contributed by atoms with Crippen LogP contribution >= 0.6 is 0 Å². The van der Waals surface area contributed by atoms with Gasteiger partial charge in [0.1, 0.15) is 0 Å². The molecule has 0 saturated carbocycles. The molecule has 3 N–H and O–H groups in total. The summed E-state index contributed by atoms with van der Waals surface area (Å²) in [6, 6.07) is 14.7. The van der Waals surface area contributed by atoms with E-state index >= 15 is 0 Å². The third-order valence-electron chi connectivity index (χ3n) is 3.55. The zero-order valence-corrected chi connectivity index (χ0v) is 13.9. The summed E-state index contributed by atoms with van der Waals surface area (Å²) in [6.07, 6.45) is 0. The van der Waals surface area contributed by atoms with Gasteiger partial charge in [-0.2, -0.15) is 5.10 Å². The molecule has 6 heteroatoms. The van der Waals surface area contributed by atoms with Crippen LogP contribution < -0.4 is 10.7 Å². The van der Waals surface area contributed by atoms with E-state index in [-0.39, 0.29) is 11.4 Å². The molecule has 2 aromatic carbocycles. The Labute approximate surface area is 140 Å². The van der Waals surface area contributed by atoms with Crippen LogP contribution in [0.25, 0.3) is 0 Å². The molecule has 0 heterocycles. The summed E-state index contributed by atoms with van der Waals surface area (Å²) < 4.78 is 0. The maximum Gasteiger partial charge on any atom is 0.279 e.